The van der Waals surface area contributed by atoms with E-state index < -0.39 is 5.54 Å². The largest absolute Gasteiger partial charge is 0.325 e. The van der Waals surface area contributed by atoms with Crippen LogP contribution >= 0.6 is 23.2 Å². The first-order valence-corrected chi connectivity index (χ1v) is 7.25. The first-order valence-electron chi connectivity index (χ1n) is 6.50. The summed E-state index contributed by atoms with van der Waals surface area (Å²) in [6.07, 6.45) is 1.98. The Balaban J connectivity index is 1.82. The van der Waals surface area contributed by atoms with Crippen molar-refractivity contribution in [2.45, 2.75) is 31.8 Å². The summed E-state index contributed by atoms with van der Waals surface area (Å²) >= 11 is 11.8. The minimum Gasteiger partial charge on any atom is -0.323 e. The van der Waals surface area contributed by atoms with E-state index in [1.54, 1.807) is 25.1 Å². The number of amides is 3. The molecule has 2 aliphatic rings. The molecule has 0 aromatic heterocycles. The van der Waals surface area contributed by atoms with Crippen LogP contribution in [0.2, 0.25) is 10.0 Å². The van der Waals surface area contributed by atoms with Crippen molar-refractivity contribution in [3.8, 4) is 0 Å². The van der Waals surface area contributed by atoms with E-state index in [9.17, 15) is 9.59 Å². The van der Waals surface area contributed by atoms with Crippen LogP contribution in [-0.4, -0.2) is 22.4 Å². The molecule has 0 radical (unpaired) electrons. The van der Waals surface area contributed by atoms with Gasteiger partial charge < -0.3 is 5.32 Å². The second kappa shape index (κ2) is 4.64. The third-order valence-corrected chi connectivity index (χ3v) is 4.76. The van der Waals surface area contributed by atoms with Crippen molar-refractivity contribution < 1.29 is 9.59 Å². The molecule has 1 saturated heterocycles. The topological polar surface area (TPSA) is 49.4 Å². The van der Waals surface area contributed by atoms with E-state index in [0.29, 0.717) is 10.0 Å². The molecule has 1 saturated carbocycles. The second-order valence-corrected chi connectivity index (χ2v) is 6.36. The molecule has 1 atom stereocenters. The summed E-state index contributed by atoms with van der Waals surface area (Å²) < 4.78 is 0. The first-order chi connectivity index (χ1) is 9.41. The summed E-state index contributed by atoms with van der Waals surface area (Å²) in [4.78, 5) is 25.7. The molecule has 1 aromatic rings. The zero-order valence-electron chi connectivity index (χ0n) is 11.0. The van der Waals surface area contributed by atoms with Crippen molar-refractivity contribution in [1.82, 2.24) is 10.2 Å². The van der Waals surface area contributed by atoms with Gasteiger partial charge in [-0.1, -0.05) is 29.3 Å². The minimum atomic E-state index is -0.743. The number of carbonyl (C=O) groups is 2. The number of hydrogen-bond donors (Lipinski definition) is 1. The maximum atomic E-state index is 12.5. The van der Waals surface area contributed by atoms with Crippen LogP contribution < -0.4 is 5.32 Å². The zero-order valence-corrected chi connectivity index (χ0v) is 12.5. The number of urea groups is 1. The maximum absolute atomic E-state index is 12.5. The van der Waals surface area contributed by atoms with E-state index in [1.807, 2.05) is 0 Å². The standard InChI is InChI=1S/C14H14Cl2N2O2/c1-14(9-3-4-9)12(19)18(13(20)17-14)7-8-2-5-10(15)11(16)6-8/h2,5-6,9H,3-4,7H2,1H3,(H,17,20). The van der Waals surface area contributed by atoms with E-state index >= 15 is 0 Å². The highest BCUT2D eigenvalue weighted by Gasteiger charge is 2.55. The lowest BCUT2D eigenvalue weighted by atomic mass is 9.96. The van der Waals surface area contributed by atoms with Gasteiger partial charge >= 0.3 is 6.03 Å². The number of hydrogen-bond acceptors (Lipinski definition) is 2. The number of nitrogens with zero attached hydrogens (tertiary/aromatic N) is 1. The Labute approximate surface area is 127 Å². The van der Waals surface area contributed by atoms with Crippen LogP contribution in [0, 0.1) is 5.92 Å². The Bertz CT molecular complexity index is 601. The molecule has 1 aliphatic carbocycles. The van der Waals surface area contributed by atoms with Gasteiger partial charge in [0.05, 0.1) is 16.6 Å². The van der Waals surface area contributed by atoms with Gasteiger partial charge in [-0.15, -0.1) is 0 Å². The van der Waals surface area contributed by atoms with Crippen LogP contribution in [0.3, 0.4) is 0 Å². The molecule has 0 spiro atoms. The summed E-state index contributed by atoms with van der Waals surface area (Å²) in [7, 11) is 0. The Morgan fingerprint density at radius 1 is 1.30 bits per heavy atom. The molecule has 106 valence electrons. The molecule has 1 N–H and O–H groups in total. The number of carbonyl (C=O) groups excluding carboxylic acids is 2. The van der Waals surface area contributed by atoms with Gasteiger partial charge in [-0.2, -0.15) is 0 Å². The zero-order chi connectivity index (χ0) is 14.5. The van der Waals surface area contributed by atoms with Crippen LogP contribution in [-0.2, 0) is 11.3 Å². The van der Waals surface area contributed by atoms with E-state index in [0.717, 1.165) is 18.4 Å². The average Bonchev–Trinajstić information content (AvgIpc) is 3.20. The van der Waals surface area contributed by atoms with Gasteiger partial charge in [0.1, 0.15) is 5.54 Å². The van der Waals surface area contributed by atoms with Gasteiger partial charge in [-0.05, 0) is 43.4 Å². The third-order valence-electron chi connectivity index (χ3n) is 4.02. The molecule has 1 aromatic carbocycles. The molecule has 1 aliphatic heterocycles. The predicted octanol–water partition coefficient (Wildman–Crippen LogP) is 3.21. The van der Waals surface area contributed by atoms with Crippen molar-refractivity contribution in [2.75, 3.05) is 0 Å². The molecule has 1 heterocycles. The van der Waals surface area contributed by atoms with Crippen molar-refractivity contribution in [3.63, 3.8) is 0 Å². The van der Waals surface area contributed by atoms with E-state index in [4.69, 9.17) is 23.2 Å². The number of nitrogens with one attached hydrogen (secondary N) is 1. The highest BCUT2D eigenvalue weighted by atomic mass is 35.5. The van der Waals surface area contributed by atoms with Crippen LogP contribution in [0.1, 0.15) is 25.3 Å². The summed E-state index contributed by atoms with van der Waals surface area (Å²) in [5.74, 6) is 0.105. The van der Waals surface area contributed by atoms with Crippen molar-refractivity contribution >= 4 is 35.1 Å². The predicted molar refractivity (Wildman–Crippen MR) is 76.7 cm³/mol. The molecule has 2 fully saturated rings. The van der Waals surface area contributed by atoms with Gasteiger partial charge in [-0.3, -0.25) is 9.69 Å². The fourth-order valence-electron chi connectivity index (χ4n) is 2.62. The fraction of sp³-hybridized carbons (Fsp3) is 0.429. The molecule has 0 bridgehead atoms. The number of benzene rings is 1. The minimum absolute atomic E-state index is 0.156. The maximum Gasteiger partial charge on any atom is 0.325 e. The van der Waals surface area contributed by atoms with Crippen molar-refractivity contribution in [3.05, 3.63) is 33.8 Å². The van der Waals surface area contributed by atoms with Gasteiger partial charge in [-0.25, -0.2) is 4.79 Å². The second-order valence-electron chi connectivity index (χ2n) is 5.55. The highest BCUT2D eigenvalue weighted by molar-refractivity contribution is 6.42. The molecule has 20 heavy (non-hydrogen) atoms. The monoisotopic (exact) mass is 312 g/mol. The van der Waals surface area contributed by atoms with Crippen molar-refractivity contribution in [1.29, 1.82) is 0 Å². The van der Waals surface area contributed by atoms with Crippen LogP contribution in [0.15, 0.2) is 18.2 Å². The van der Waals surface area contributed by atoms with Gasteiger partial charge in [0, 0.05) is 0 Å². The molecule has 3 amide bonds. The van der Waals surface area contributed by atoms with Gasteiger partial charge in [0.15, 0.2) is 0 Å². The lowest BCUT2D eigenvalue weighted by molar-refractivity contribution is -0.131. The molecular formula is C14H14Cl2N2O2. The third kappa shape index (κ3) is 2.17. The fourth-order valence-corrected chi connectivity index (χ4v) is 2.94. The smallest absolute Gasteiger partial charge is 0.323 e. The molecular weight excluding hydrogens is 299 g/mol. The number of rotatable bonds is 3. The normalized spacial score (nSPS) is 26.1. The Hall–Kier alpha value is -1.26. The molecule has 6 heteroatoms. The Kier molecular flexibility index (Phi) is 3.18. The summed E-state index contributed by atoms with van der Waals surface area (Å²) in [6.45, 7) is 2.02. The van der Waals surface area contributed by atoms with Gasteiger partial charge in [0.25, 0.3) is 5.91 Å². The lowest BCUT2D eigenvalue weighted by Gasteiger charge is -2.21. The summed E-state index contributed by atoms with van der Waals surface area (Å²) in [5.41, 5.74) is 0.0378. The average molecular weight is 313 g/mol. The summed E-state index contributed by atoms with van der Waals surface area (Å²) in [6, 6.07) is 4.77. The SMILES string of the molecule is CC1(C2CC2)NC(=O)N(Cc2ccc(Cl)c(Cl)c2)C1=O. The van der Waals surface area contributed by atoms with Gasteiger partial charge in [0.2, 0.25) is 0 Å². The molecule has 3 rings (SSSR count). The molecule has 4 nitrogen and oxygen atoms in total. The van der Waals surface area contributed by atoms with Crippen LogP contribution in [0.4, 0.5) is 4.79 Å². The van der Waals surface area contributed by atoms with Crippen molar-refractivity contribution in [2.24, 2.45) is 5.92 Å². The van der Waals surface area contributed by atoms with Crippen LogP contribution in [0.25, 0.3) is 0 Å². The first kappa shape index (κ1) is 13.7. The number of halogens is 2. The highest BCUT2D eigenvalue weighted by Crippen LogP contribution is 2.42. The van der Waals surface area contributed by atoms with E-state index in [-0.39, 0.29) is 24.4 Å². The number of imide groups is 1. The summed E-state index contributed by atoms with van der Waals surface area (Å²) in [5, 5.41) is 3.69. The van der Waals surface area contributed by atoms with E-state index in [2.05, 4.69) is 5.32 Å². The van der Waals surface area contributed by atoms with E-state index in [1.165, 1.54) is 4.90 Å². The Morgan fingerprint density at radius 2 is 2.00 bits per heavy atom. The Morgan fingerprint density at radius 3 is 2.60 bits per heavy atom. The quantitative estimate of drug-likeness (QED) is 0.871. The lowest BCUT2D eigenvalue weighted by Crippen LogP contribution is -2.46. The molecule has 1 unspecified atom stereocenters. The van der Waals surface area contributed by atoms with Crippen LogP contribution in [0.5, 0.6) is 0 Å².